The van der Waals surface area contributed by atoms with Crippen molar-refractivity contribution in [2.24, 2.45) is 5.92 Å². The third-order valence-corrected chi connectivity index (χ3v) is 9.30. The van der Waals surface area contributed by atoms with E-state index in [1.807, 2.05) is 0 Å². The number of benzene rings is 2. The molecule has 1 amide bonds. The molecular weight excluding hydrogens is 735 g/mol. The largest absolute Gasteiger partial charge is 0.619 e. The van der Waals surface area contributed by atoms with Gasteiger partial charge in [-0.3, -0.25) is 4.79 Å². The lowest BCUT2D eigenvalue weighted by molar-refractivity contribution is -0.605. The Morgan fingerprint density at radius 3 is 2.35 bits per heavy atom. The normalized spacial score (nSPS) is 14.0. The van der Waals surface area contributed by atoms with Crippen LogP contribution in [-0.4, -0.2) is 50.1 Å². The number of hydrogen-bond donors (Lipinski definition) is 0. The van der Waals surface area contributed by atoms with Crippen molar-refractivity contribution in [2.75, 3.05) is 17.2 Å². The molecule has 2 heterocycles. The van der Waals surface area contributed by atoms with Crippen LogP contribution in [0.1, 0.15) is 50.8 Å². The fraction of sp³-hybridized carbons (Fsp3) is 0.382. The van der Waals surface area contributed by atoms with Gasteiger partial charge in [0.15, 0.2) is 23.9 Å². The number of amides is 1. The molecule has 0 aliphatic heterocycles. The number of carbonyl (C=O) groups is 2. The minimum Gasteiger partial charge on any atom is -0.619 e. The Kier molecular flexibility index (Phi) is 11.2. The van der Waals surface area contributed by atoms with Gasteiger partial charge in [-0.1, -0.05) is 29.3 Å². The minimum absolute atomic E-state index is 0.0168. The summed E-state index contributed by atoms with van der Waals surface area (Å²) in [6.07, 6.45) is 4.31. The maximum atomic E-state index is 13.5. The number of ether oxygens (including phenoxy) is 4. The van der Waals surface area contributed by atoms with Gasteiger partial charge in [-0.15, -0.1) is 0 Å². The second kappa shape index (κ2) is 15.1. The highest BCUT2D eigenvalue weighted by Crippen LogP contribution is 2.38. The molecule has 51 heavy (non-hydrogen) atoms. The van der Waals surface area contributed by atoms with Gasteiger partial charge in [0.25, 0.3) is 0 Å². The number of rotatable bonds is 13. The molecule has 1 saturated carbocycles. The molecule has 0 spiro atoms. The van der Waals surface area contributed by atoms with Gasteiger partial charge in [-0.25, -0.2) is 13.2 Å². The van der Waals surface area contributed by atoms with Crippen molar-refractivity contribution in [1.29, 1.82) is 0 Å². The third-order valence-electron chi connectivity index (χ3n) is 7.63. The monoisotopic (exact) mass is 769 g/mol. The molecule has 4 aromatic rings. The molecule has 2 aromatic carbocycles. The van der Waals surface area contributed by atoms with E-state index in [4.69, 9.17) is 37.4 Å². The molecule has 1 atom stereocenters. The van der Waals surface area contributed by atoms with Crippen LogP contribution in [0.5, 0.6) is 11.5 Å². The SMILES string of the molecule is CC(C)(C)OC(=O)N(c1ccc2c(ccn2CC(=O)OC(Cc2c(Cl)c[n+]([O-])cc2Cl)c2ccc(OC(F)F)c(OCC3CC3)c2)c1)S(C)(=O)=O. The zero-order valence-corrected chi connectivity index (χ0v) is 30.3. The van der Waals surface area contributed by atoms with E-state index in [2.05, 4.69) is 4.74 Å². The molecule has 1 unspecified atom stereocenters. The van der Waals surface area contributed by atoms with Crippen molar-refractivity contribution in [3.63, 3.8) is 0 Å². The van der Waals surface area contributed by atoms with Crippen LogP contribution in [0.2, 0.25) is 10.0 Å². The number of alkyl halides is 2. The van der Waals surface area contributed by atoms with Crippen LogP contribution < -0.4 is 18.5 Å². The van der Waals surface area contributed by atoms with Crippen molar-refractivity contribution < 1.29 is 50.5 Å². The van der Waals surface area contributed by atoms with Crippen LogP contribution in [0, 0.1) is 11.1 Å². The first-order valence-corrected chi connectivity index (χ1v) is 18.3. The molecule has 0 radical (unpaired) electrons. The molecule has 0 bridgehead atoms. The lowest BCUT2D eigenvalue weighted by Gasteiger charge is -2.26. The topological polar surface area (TPSA) is 140 Å². The lowest BCUT2D eigenvalue weighted by Crippen LogP contribution is -2.40. The Labute approximate surface area is 303 Å². The molecule has 12 nitrogen and oxygen atoms in total. The first-order chi connectivity index (χ1) is 23.9. The number of esters is 1. The maximum Gasteiger partial charge on any atom is 0.428 e. The zero-order valence-electron chi connectivity index (χ0n) is 28.0. The molecule has 0 saturated heterocycles. The number of anilines is 1. The fourth-order valence-electron chi connectivity index (χ4n) is 5.18. The van der Waals surface area contributed by atoms with E-state index in [1.54, 1.807) is 43.7 Å². The summed E-state index contributed by atoms with van der Waals surface area (Å²) >= 11 is 12.7. The molecular formula is C34H35Cl2F2N3O9S. The highest BCUT2D eigenvalue weighted by Gasteiger charge is 2.31. The van der Waals surface area contributed by atoms with E-state index in [9.17, 15) is 32.0 Å². The average molecular weight is 771 g/mol. The quantitative estimate of drug-likeness (QED) is 0.0785. The summed E-state index contributed by atoms with van der Waals surface area (Å²) in [4.78, 5) is 26.4. The number of sulfonamides is 1. The summed E-state index contributed by atoms with van der Waals surface area (Å²) in [5.74, 6) is -0.586. The minimum atomic E-state index is -4.08. The zero-order chi connectivity index (χ0) is 37.2. The van der Waals surface area contributed by atoms with Gasteiger partial charge in [0.05, 0.1) is 18.6 Å². The number of carbonyl (C=O) groups excluding carboxylic acids is 2. The molecule has 1 aliphatic rings. The number of nitrogens with zero attached hydrogens (tertiary/aromatic N) is 3. The van der Waals surface area contributed by atoms with Gasteiger partial charge in [-0.2, -0.15) is 17.8 Å². The second-order valence-electron chi connectivity index (χ2n) is 13.0. The Hall–Kier alpha value is -4.34. The summed E-state index contributed by atoms with van der Waals surface area (Å²) in [5.41, 5.74) is 0.258. The number of aromatic nitrogens is 2. The first-order valence-electron chi connectivity index (χ1n) is 15.7. The average Bonchev–Trinajstić information content (AvgIpc) is 3.75. The number of fused-ring (bicyclic) bond motifs is 1. The molecule has 274 valence electrons. The van der Waals surface area contributed by atoms with E-state index in [1.165, 1.54) is 30.3 Å². The summed E-state index contributed by atoms with van der Waals surface area (Å²) < 4.78 is 75.8. The maximum absolute atomic E-state index is 13.5. The number of pyridine rings is 1. The third kappa shape index (κ3) is 9.92. The molecule has 1 fully saturated rings. The molecule has 0 N–H and O–H groups in total. The number of hydrogen-bond acceptors (Lipinski definition) is 9. The van der Waals surface area contributed by atoms with Gasteiger partial charge in [0, 0.05) is 29.1 Å². The predicted molar refractivity (Wildman–Crippen MR) is 185 cm³/mol. The smallest absolute Gasteiger partial charge is 0.428 e. The van der Waals surface area contributed by atoms with Crippen LogP contribution in [0.15, 0.2) is 61.1 Å². The Balaban J connectivity index is 1.43. The molecule has 5 rings (SSSR count). The highest BCUT2D eigenvalue weighted by molar-refractivity contribution is 7.92. The molecule has 1 aliphatic carbocycles. The van der Waals surface area contributed by atoms with Crippen molar-refractivity contribution in [3.05, 3.63) is 87.4 Å². The predicted octanol–water partition coefficient (Wildman–Crippen LogP) is 7.20. The van der Waals surface area contributed by atoms with Gasteiger partial charge in [0.1, 0.15) is 28.3 Å². The van der Waals surface area contributed by atoms with Gasteiger partial charge < -0.3 is 28.7 Å². The Morgan fingerprint density at radius 1 is 1.06 bits per heavy atom. The molecule has 17 heteroatoms. The number of halogens is 4. The highest BCUT2D eigenvalue weighted by atomic mass is 35.5. The van der Waals surface area contributed by atoms with Gasteiger partial charge in [-0.05, 0) is 81.5 Å². The van der Waals surface area contributed by atoms with Crippen LogP contribution in [0.3, 0.4) is 0 Å². The van der Waals surface area contributed by atoms with Crippen LogP contribution >= 0.6 is 23.2 Å². The van der Waals surface area contributed by atoms with E-state index >= 15 is 0 Å². The van der Waals surface area contributed by atoms with Crippen molar-refractivity contribution >= 4 is 61.9 Å². The molecule has 2 aromatic heterocycles. The summed E-state index contributed by atoms with van der Waals surface area (Å²) in [5, 5.41) is 12.4. The Bertz CT molecular complexity index is 2030. The van der Waals surface area contributed by atoms with Crippen molar-refractivity contribution in [2.45, 2.75) is 64.9 Å². The van der Waals surface area contributed by atoms with E-state index in [0.29, 0.717) is 37.0 Å². The van der Waals surface area contributed by atoms with Crippen LogP contribution in [-0.2, 0) is 37.3 Å². The van der Waals surface area contributed by atoms with E-state index in [0.717, 1.165) is 31.5 Å². The standard InChI is InChI=1S/C34H35Cl2F2N3O9S/c1-34(2,3)50-33(43)41(51(4,45)46)23-8-9-27-21(13-23)11-12-39(27)18-31(42)48-29(15-24-25(35)16-40(44)17-26(24)36)22-7-10-28(49-32(37)38)30(14-22)47-19-20-5-6-20/h7-14,16-17,20,29,32H,5-6,15,18-19H2,1-4H3. The summed E-state index contributed by atoms with van der Waals surface area (Å²) in [6, 6.07) is 10.2. The second-order valence-corrected chi connectivity index (χ2v) is 15.7. The summed E-state index contributed by atoms with van der Waals surface area (Å²) in [7, 11) is -4.08. The van der Waals surface area contributed by atoms with Crippen LogP contribution in [0.25, 0.3) is 10.9 Å². The fourth-order valence-corrected chi connectivity index (χ4v) is 6.59. The van der Waals surface area contributed by atoms with Crippen molar-refractivity contribution in [3.8, 4) is 11.5 Å². The first kappa shape index (κ1) is 37.9. The van der Waals surface area contributed by atoms with Gasteiger partial charge in [0.2, 0.25) is 10.0 Å². The van der Waals surface area contributed by atoms with E-state index < -0.39 is 40.4 Å². The lowest BCUT2D eigenvalue weighted by atomic mass is 10.0. The van der Waals surface area contributed by atoms with Crippen molar-refractivity contribution in [1.82, 2.24) is 4.57 Å². The van der Waals surface area contributed by atoms with Gasteiger partial charge >= 0.3 is 18.7 Å². The van der Waals surface area contributed by atoms with Crippen LogP contribution in [0.4, 0.5) is 19.3 Å². The Morgan fingerprint density at radius 2 is 1.75 bits per heavy atom. The summed E-state index contributed by atoms with van der Waals surface area (Å²) in [6.45, 7) is 1.71. The van der Waals surface area contributed by atoms with E-state index in [-0.39, 0.29) is 46.8 Å².